The number of nitrogens with zero attached hydrogens (tertiary/aromatic N) is 1. The van der Waals surface area contributed by atoms with Crippen LogP contribution in [0.1, 0.15) is 35.1 Å². The Kier molecular flexibility index (Phi) is 1.84. The fraction of sp³-hybridized carbons (Fsp3) is 0.667. The molecule has 0 bridgehead atoms. The van der Waals surface area contributed by atoms with E-state index in [1.807, 2.05) is 11.8 Å². The van der Waals surface area contributed by atoms with Gasteiger partial charge in [0.2, 0.25) is 0 Å². The molecular weight excluding hydrogens is 184 g/mol. The highest BCUT2D eigenvalue weighted by Gasteiger charge is 2.28. The topological polar surface area (TPSA) is 38.1 Å². The molecule has 3 nitrogen and oxygen atoms in total. The third kappa shape index (κ3) is 1.20. The number of aromatic nitrogens is 1. The second kappa shape index (κ2) is 3.03. The Morgan fingerprint density at radius 3 is 3.31 bits per heavy atom. The zero-order valence-electron chi connectivity index (χ0n) is 7.38. The zero-order chi connectivity index (χ0) is 8.67. The zero-order valence-corrected chi connectivity index (χ0v) is 8.19. The third-order valence-corrected chi connectivity index (χ3v) is 4.09. The van der Waals surface area contributed by atoms with Crippen LogP contribution >= 0.6 is 11.8 Å². The van der Waals surface area contributed by atoms with Gasteiger partial charge in [-0.3, -0.25) is 0 Å². The van der Waals surface area contributed by atoms with Crippen LogP contribution in [0.2, 0.25) is 0 Å². The Morgan fingerprint density at radius 1 is 1.46 bits per heavy atom. The lowest BCUT2D eigenvalue weighted by atomic mass is 10.1. The van der Waals surface area contributed by atoms with Gasteiger partial charge < -0.3 is 9.84 Å². The van der Waals surface area contributed by atoms with Gasteiger partial charge in [0.1, 0.15) is 5.69 Å². The van der Waals surface area contributed by atoms with E-state index in [4.69, 9.17) is 4.52 Å². The van der Waals surface area contributed by atoms with Gasteiger partial charge in [-0.2, -0.15) is 11.8 Å². The number of hydrogen-bond acceptors (Lipinski definition) is 4. The van der Waals surface area contributed by atoms with Gasteiger partial charge in [-0.25, -0.2) is 0 Å². The van der Waals surface area contributed by atoms with Crippen LogP contribution in [-0.2, 0) is 13.1 Å². The molecule has 0 spiro atoms. The first kappa shape index (κ1) is 7.88. The van der Waals surface area contributed by atoms with E-state index in [0.29, 0.717) is 5.25 Å². The van der Waals surface area contributed by atoms with Crippen molar-refractivity contribution in [2.24, 2.45) is 0 Å². The lowest BCUT2D eigenvalue weighted by molar-refractivity contribution is 0.367. The Bertz CT molecular complexity index is 317. The summed E-state index contributed by atoms with van der Waals surface area (Å²) in [7, 11) is 0. The first-order chi connectivity index (χ1) is 6.45. The van der Waals surface area contributed by atoms with Crippen LogP contribution in [0.25, 0.3) is 0 Å². The molecule has 1 fully saturated rings. The third-order valence-electron chi connectivity index (χ3n) is 2.72. The quantitative estimate of drug-likeness (QED) is 0.744. The van der Waals surface area contributed by atoms with E-state index < -0.39 is 0 Å². The summed E-state index contributed by atoms with van der Waals surface area (Å²) in [6, 6.07) is 0. The SMILES string of the molecule is C1CSC(c2onc3c2CNC3)C1. The van der Waals surface area contributed by atoms with E-state index in [1.54, 1.807) is 0 Å². The predicted octanol–water partition coefficient (Wildman–Crippen LogP) is 1.85. The molecule has 0 saturated carbocycles. The van der Waals surface area contributed by atoms with Gasteiger partial charge in [-0.05, 0) is 18.6 Å². The van der Waals surface area contributed by atoms with Gasteiger partial charge in [-0.15, -0.1) is 0 Å². The van der Waals surface area contributed by atoms with Crippen molar-refractivity contribution in [2.75, 3.05) is 5.75 Å². The molecule has 2 aliphatic heterocycles. The maximum absolute atomic E-state index is 5.41. The molecule has 1 aromatic heterocycles. The normalized spacial score (nSPS) is 26.6. The van der Waals surface area contributed by atoms with Crippen molar-refractivity contribution in [2.45, 2.75) is 31.2 Å². The number of thioether (sulfide) groups is 1. The molecular formula is C9H12N2OS. The van der Waals surface area contributed by atoms with E-state index in [9.17, 15) is 0 Å². The van der Waals surface area contributed by atoms with Crippen LogP contribution in [0.5, 0.6) is 0 Å². The first-order valence-electron chi connectivity index (χ1n) is 4.75. The highest BCUT2D eigenvalue weighted by Crippen LogP contribution is 2.42. The summed E-state index contributed by atoms with van der Waals surface area (Å²) < 4.78 is 5.41. The monoisotopic (exact) mass is 196 g/mol. The van der Waals surface area contributed by atoms with Crippen molar-refractivity contribution in [3.8, 4) is 0 Å². The highest BCUT2D eigenvalue weighted by atomic mass is 32.2. The average Bonchev–Trinajstić information content (AvgIpc) is 2.79. The molecule has 1 unspecified atom stereocenters. The molecule has 13 heavy (non-hydrogen) atoms. The number of rotatable bonds is 1. The highest BCUT2D eigenvalue weighted by molar-refractivity contribution is 7.99. The van der Waals surface area contributed by atoms with E-state index in [-0.39, 0.29) is 0 Å². The summed E-state index contributed by atoms with van der Waals surface area (Å²) in [6.07, 6.45) is 2.57. The van der Waals surface area contributed by atoms with Crippen LogP contribution in [0.4, 0.5) is 0 Å². The smallest absolute Gasteiger partial charge is 0.154 e. The second-order valence-corrected chi connectivity index (χ2v) is 4.89. The molecule has 0 aromatic carbocycles. The minimum Gasteiger partial charge on any atom is -0.360 e. The molecule has 2 aliphatic rings. The fourth-order valence-corrected chi connectivity index (χ4v) is 3.32. The van der Waals surface area contributed by atoms with E-state index in [0.717, 1.165) is 24.5 Å². The Balaban J connectivity index is 1.95. The molecule has 1 N–H and O–H groups in total. The van der Waals surface area contributed by atoms with Gasteiger partial charge in [0.05, 0.1) is 5.25 Å². The van der Waals surface area contributed by atoms with Gasteiger partial charge in [-0.1, -0.05) is 5.16 Å². The van der Waals surface area contributed by atoms with E-state index >= 15 is 0 Å². The standard InChI is InChI=1S/C9H12N2OS/c1-2-8(13-3-1)9-6-4-10-5-7(6)11-12-9/h8,10H,1-5H2. The van der Waals surface area contributed by atoms with Crippen LogP contribution in [0.15, 0.2) is 4.52 Å². The average molecular weight is 196 g/mol. The molecule has 3 heterocycles. The largest absolute Gasteiger partial charge is 0.360 e. The molecule has 1 aromatic rings. The Hall–Kier alpha value is -0.480. The lowest BCUT2D eigenvalue weighted by Gasteiger charge is -2.04. The summed E-state index contributed by atoms with van der Waals surface area (Å²) in [5.74, 6) is 2.41. The van der Waals surface area contributed by atoms with Crippen LogP contribution < -0.4 is 5.32 Å². The van der Waals surface area contributed by atoms with Crippen molar-refractivity contribution in [3.63, 3.8) is 0 Å². The maximum atomic E-state index is 5.41. The molecule has 1 atom stereocenters. The van der Waals surface area contributed by atoms with Crippen LogP contribution in [0, 0.1) is 0 Å². The molecule has 0 amide bonds. The van der Waals surface area contributed by atoms with Crippen molar-refractivity contribution in [1.82, 2.24) is 10.5 Å². The second-order valence-electron chi connectivity index (χ2n) is 3.58. The van der Waals surface area contributed by atoms with Gasteiger partial charge in [0.15, 0.2) is 5.76 Å². The molecule has 0 aliphatic carbocycles. The molecule has 4 heteroatoms. The fourth-order valence-electron chi connectivity index (χ4n) is 2.03. The minimum absolute atomic E-state index is 0.580. The summed E-state index contributed by atoms with van der Waals surface area (Å²) in [4.78, 5) is 0. The van der Waals surface area contributed by atoms with E-state index in [1.165, 1.54) is 24.2 Å². The summed E-state index contributed by atoms with van der Waals surface area (Å²) >= 11 is 2.00. The Labute approximate surface area is 81.2 Å². The van der Waals surface area contributed by atoms with Crippen molar-refractivity contribution in [3.05, 3.63) is 17.0 Å². The van der Waals surface area contributed by atoms with Crippen LogP contribution in [0.3, 0.4) is 0 Å². The predicted molar refractivity (Wildman–Crippen MR) is 51.5 cm³/mol. The van der Waals surface area contributed by atoms with Crippen molar-refractivity contribution >= 4 is 11.8 Å². The number of fused-ring (bicyclic) bond motifs is 1. The van der Waals surface area contributed by atoms with Gasteiger partial charge in [0.25, 0.3) is 0 Å². The molecule has 0 radical (unpaired) electrons. The molecule has 1 saturated heterocycles. The summed E-state index contributed by atoms with van der Waals surface area (Å²) in [5.41, 5.74) is 2.46. The van der Waals surface area contributed by atoms with Gasteiger partial charge in [0, 0.05) is 18.7 Å². The number of hydrogen-bond donors (Lipinski definition) is 1. The Morgan fingerprint density at radius 2 is 2.46 bits per heavy atom. The van der Waals surface area contributed by atoms with E-state index in [2.05, 4.69) is 10.5 Å². The molecule has 3 rings (SSSR count). The maximum Gasteiger partial charge on any atom is 0.154 e. The minimum atomic E-state index is 0.580. The summed E-state index contributed by atoms with van der Waals surface area (Å²) in [5, 5.41) is 7.97. The number of nitrogens with one attached hydrogen (secondary N) is 1. The lowest BCUT2D eigenvalue weighted by Crippen LogP contribution is -2.03. The van der Waals surface area contributed by atoms with Gasteiger partial charge >= 0.3 is 0 Å². The van der Waals surface area contributed by atoms with Crippen LogP contribution in [-0.4, -0.2) is 10.9 Å². The van der Waals surface area contributed by atoms with Crippen molar-refractivity contribution < 1.29 is 4.52 Å². The molecule has 70 valence electrons. The first-order valence-corrected chi connectivity index (χ1v) is 5.79. The van der Waals surface area contributed by atoms with Crippen molar-refractivity contribution in [1.29, 1.82) is 0 Å². The summed E-state index contributed by atoms with van der Waals surface area (Å²) in [6.45, 7) is 1.83.